The average Bonchev–Trinajstić information content (AvgIpc) is 3.27. The normalized spacial score (nSPS) is 22.6. The first kappa shape index (κ1) is 24.1. The topological polar surface area (TPSA) is 96.8 Å². The lowest BCUT2D eigenvalue weighted by Gasteiger charge is -2.29. The quantitative estimate of drug-likeness (QED) is 0.527. The molecule has 2 aliphatic heterocycles. The maximum atomic E-state index is 14.2. The molecule has 7 nitrogen and oxygen atoms in total. The first-order valence-corrected chi connectivity index (χ1v) is 11.9. The van der Waals surface area contributed by atoms with Crippen molar-refractivity contribution in [1.82, 2.24) is 0 Å². The number of nitrogens with zero attached hydrogens (tertiary/aromatic N) is 2. The van der Waals surface area contributed by atoms with Crippen LogP contribution in [0, 0.1) is 28.1 Å². The Labute approximate surface area is 215 Å². The summed E-state index contributed by atoms with van der Waals surface area (Å²) >= 11 is 0. The summed E-state index contributed by atoms with van der Waals surface area (Å²) in [4.78, 5) is 14.9. The highest BCUT2D eigenvalue weighted by atomic mass is 16.5. The fourth-order valence-corrected chi connectivity index (χ4v) is 5.93. The van der Waals surface area contributed by atoms with Crippen LogP contribution in [0.25, 0.3) is 6.08 Å². The molecule has 1 unspecified atom stereocenters. The molecule has 0 aromatic heterocycles. The fraction of sp³-hybridized carbons (Fsp3) is 0.233. The summed E-state index contributed by atoms with van der Waals surface area (Å²) in [6.45, 7) is 0. The number of methoxy groups -OCH3 is 3. The van der Waals surface area contributed by atoms with Crippen LogP contribution in [-0.4, -0.2) is 33.2 Å². The summed E-state index contributed by atoms with van der Waals surface area (Å²) < 4.78 is 16.7. The number of hydrogen-bond donors (Lipinski definition) is 1. The van der Waals surface area contributed by atoms with Crippen LogP contribution in [0.2, 0.25) is 0 Å². The van der Waals surface area contributed by atoms with Crippen molar-refractivity contribution in [3.05, 3.63) is 95.2 Å². The lowest BCUT2D eigenvalue weighted by Crippen LogP contribution is -3.11. The van der Waals surface area contributed by atoms with Crippen LogP contribution in [0.1, 0.15) is 39.0 Å². The van der Waals surface area contributed by atoms with Gasteiger partial charge < -0.3 is 14.2 Å². The zero-order valence-corrected chi connectivity index (χ0v) is 20.8. The highest BCUT2D eigenvalue weighted by molar-refractivity contribution is 6.00. The first-order chi connectivity index (χ1) is 18.0. The number of ketones is 1. The van der Waals surface area contributed by atoms with Gasteiger partial charge in [0.25, 0.3) is 0 Å². The van der Waals surface area contributed by atoms with E-state index in [1.54, 1.807) is 24.3 Å². The molecule has 0 aliphatic carbocycles. The van der Waals surface area contributed by atoms with Gasteiger partial charge in [0, 0.05) is 11.1 Å². The number of Topliss-reactive ketones (excluding diaryl/α,β-unsaturated/α-hetero) is 1. The smallest absolute Gasteiger partial charge is 0.221 e. The molecule has 184 valence electrons. The minimum absolute atomic E-state index is 0.143. The Balaban J connectivity index is 1.81. The molecule has 0 amide bonds. The van der Waals surface area contributed by atoms with Gasteiger partial charge in [-0.15, -0.1) is 0 Å². The molecule has 1 saturated heterocycles. The number of ether oxygens (including phenoxy) is 3. The van der Waals surface area contributed by atoms with E-state index in [1.807, 2.05) is 54.7 Å². The number of nitrogens with one attached hydrogen (secondary N) is 1. The van der Waals surface area contributed by atoms with Crippen LogP contribution in [0.15, 0.2) is 72.9 Å². The van der Waals surface area contributed by atoms with Crippen molar-refractivity contribution in [2.45, 2.75) is 18.0 Å². The van der Waals surface area contributed by atoms with Crippen LogP contribution >= 0.6 is 0 Å². The van der Waals surface area contributed by atoms with Crippen molar-refractivity contribution in [1.29, 1.82) is 10.5 Å². The first-order valence-electron chi connectivity index (χ1n) is 11.9. The van der Waals surface area contributed by atoms with E-state index in [2.05, 4.69) is 12.1 Å². The van der Waals surface area contributed by atoms with Crippen LogP contribution < -0.4 is 19.1 Å². The van der Waals surface area contributed by atoms with E-state index in [4.69, 9.17) is 14.2 Å². The molecule has 5 rings (SSSR count). The lowest BCUT2D eigenvalue weighted by molar-refractivity contribution is -0.885. The van der Waals surface area contributed by atoms with Crippen LogP contribution in [-0.2, 0) is 0 Å². The van der Waals surface area contributed by atoms with Gasteiger partial charge in [0.15, 0.2) is 23.6 Å². The number of rotatable bonds is 6. The Kier molecular flexibility index (Phi) is 6.17. The number of carbonyl (C=O) groups excluding carboxylic acids is 1. The standard InChI is InChI=1S/C30H25N3O4/c1-35-23-15-21(16-24(36-2)28(23)37-3)25-26(27(34)20-10-5-4-6-11-20)33-14-13-19-9-7-8-12-22(19)29(33)30(25,17-31)18-32/h4-16,25-26,29H,1-3H3/p+1/t25-,26+,29+/m0/s1. The van der Waals surface area contributed by atoms with E-state index in [1.165, 1.54) is 21.3 Å². The van der Waals surface area contributed by atoms with Crippen molar-refractivity contribution in [3.8, 4) is 29.4 Å². The molecule has 3 aromatic carbocycles. The van der Waals surface area contributed by atoms with Gasteiger partial charge in [-0.2, -0.15) is 10.5 Å². The average molecular weight is 493 g/mol. The molecule has 1 fully saturated rings. The second kappa shape index (κ2) is 9.46. The predicted octanol–water partition coefficient (Wildman–Crippen LogP) is 3.71. The Morgan fingerprint density at radius 1 is 0.892 bits per heavy atom. The highest BCUT2D eigenvalue weighted by Gasteiger charge is 2.68. The molecule has 1 N–H and O–H groups in total. The van der Waals surface area contributed by atoms with Gasteiger partial charge in [-0.3, -0.25) is 9.69 Å². The van der Waals surface area contributed by atoms with Crippen molar-refractivity contribution < 1.29 is 23.9 Å². The lowest BCUT2D eigenvalue weighted by atomic mass is 9.67. The van der Waals surface area contributed by atoms with E-state index in [-0.39, 0.29) is 5.78 Å². The largest absolute Gasteiger partial charge is 0.493 e. The number of hydrogen-bond acceptors (Lipinski definition) is 6. The molecular weight excluding hydrogens is 466 g/mol. The molecule has 0 radical (unpaired) electrons. The second-order valence-corrected chi connectivity index (χ2v) is 9.13. The van der Waals surface area contributed by atoms with E-state index < -0.39 is 23.4 Å². The van der Waals surface area contributed by atoms with E-state index in [9.17, 15) is 15.3 Å². The van der Waals surface area contributed by atoms with Crippen molar-refractivity contribution in [2.24, 2.45) is 5.41 Å². The SMILES string of the molecule is COc1cc([C@H]2[C@H](C(=O)c3ccccc3)[NH+]3C=Cc4ccccc4[C@@H]3C2(C#N)C#N)cc(OC)c1OC. The molecular formula is C30H26N3O4+. The third kappa shape index (κ3) is 3.56. The molecule has 0 saturated carbocycles. The van der Waals surface area contributed by atoms with Gasteiger partial charge in [-0.1, -0.05) is 54.6 Å². The molecule has 37 heavy (non-hydrogen) atoms. The maximum absolute atomic E-state index is 14.2. The van der Waals surface area contributed by atoms with Gasteiger partial charge in [-0.25, -0.2) is 0 Å². The third-order valence-corrected chi connectivity index (χ3v) is 7.49. The van der Waals surface area contributed by atoms with Gasteiger partial charge in [0.1, 0.15) is 0 Å². The van der Waals surface area contributed by atoms with Crippen LogP contribution in [0.4, 0.5) is 0 Å². The second-order valence-electron chi connectivity index (χ2n) is 9.13. The molecule has 4 atom stereocenters. The monoisotopic (exact) mass is 492 g/mol. The Morgan fingerprint density at radius 2 is 1.51 bits per heavy atom. The summed E-state index contributed by atoms with van der Waals surface area (Å²) in [7, 11) is 4.54. The number of quaternary nitrogens is 1. The minimum Gasteiger partial charge on any atom is -0.493 e. The Morgan fingerprint density at radius 3 is 2.11 bits per heavy atom. The Bertz CT molecular complexity index is 1430. The minimum atomic E-state index is -1.56. The van der Waals surface area contributed by atoms with Gasteiger partial charge in [-0.05, 0) is 29.3 Å². The summed E-state index contributed by atoms with van der Waals surface area (Å²) in [6.07, 6.45) is 3.88. The zero-order valence-electron chi connectivity index (χ0n) is 20.8. The van der Waals surface area contributed by atoms with Gasteiger partial charge >= 0.3 is 0 Å². The van der Waals surface area contributed by atoms with Gasteiger partial charge in [0.05, 0.1) is 45.6 Å². The summed E-state index contributed by atoms with van der Waals surface area (Å²) in [5.74, 6) is 0.245. The molecule has 7 heteroatoms. The summed E-state index contributed by atoms with van der Waals surface area (Å²) in [6, 6.07) is 23.6. The van der Waals surface area contributed by atoms with Crippen molar-refractivity contribution in [2.75, 3.05) is 21.3 Å². The van der Waals surface area contributed by atoms with E-state index >= 15 is 0 Å². The van der Waals surface area contributed by atoms with E-state index in [0.29, 0.717) is 28.4 Å². The highest BCUT2D eigenvalue weighted by Crippen LogP contribution is 2.53. The summed E-state index contributed by atoms with van der Waals surface area (Å²) in [5.41, 5.74) is 1.36. The molecule has 0 spiro atoms. The number of benzene rings is 3. The van der Waals surface area contributed by atoms with Crippen LogP contribution in [0.5, 0.6) is 17.2 Å². The number of nitriles is 2. The van der Waals surface area contributed by atoms with Crippen molar-refractivity contribution >= 4 is 11.9 Å². The van der Waals surface area contributed by atoms with E-state index in [0.717, 1.165) is 16.0 Å². The predicted molar refractivity (Wildman–Crippen MR) is 136 cm³/mol. The maximum Gasteiger partial charge on any atom is 0.221 e. The molecule has 2 heterocycles. The zero-order chi connectivity index (χ0) is 26.2. The molecule has 0 bridgehead atoms. The van der Waals surface area contributed by atoms with Gasteiger partial charge in [0.2, 0.25) is 16.9 Å². The number of carbonyl (C=O) groups is 1. The molecule has 3 aromatic rings. The Hall–Kier alpha value is -4.59. The third-order valence-electron chi connectivity index (χ3n) is 7.49. The molecule has 2 aliphatic rings. The summed E-state index contributed by atoms with van der Waals surface area (Å²) in [5, 5.41) is 21.5. The van der Waals surface area contributed by atoms with Crippen LogP contribution in [0.3, 0.4) is 0 Å². The van der Waals surface area contributed by atoms with Crippen molar-refractivity contribution in [3.63, 3.8) is 0 Å². The number of fused-ring (bicyclic) bond motifs is 3. The fourth-order valence-electron chi connectivity index (χ4n) is 5.93.